The Kier molecular flexibility index (Phi) is 4.99. The first-order valence-corrected chi connectivity index (χ1v) is 8.41. The Balaban J connectivity index is 1.93. The highest BCUT2D eigenvalue weighted by atomic mass is 19.3. The summed E-state index contributed by atoms with van der Waals surface area (Å²) in [5.74, 6) is -9.08. The van der Waals surface area contributed by atoms with Crippen LogP contribution in [-0.2, 0) is 0 Å². The lowest BCUT2D eigenvalue weighted by Crippen LogP contribution is -2.44. The number of hydrogen-bond acceptors (Lipinski definition) is 1. The van der Waals surface area contributed by atoms with Gasteiger partial charge in [-0.15, -0.1) is 0 Å². The van der Waals surface area contributed by atoms with Crippen LogP contribution in [0.1, 0.15) is 49.3 Å². The Morgan fingerprint density at radius 1 is 0.962 bits per heavy atom. The molecule has 1 nitrogen and oxygen atoms in total. The van der Waals surface area contributed by atoms with E-state index >= 15 is 0 Å². The molecule has 1 aromatic heterocycles. The molecule has 0 saturated heterocycles. The van der Waals surface area contributed by atoms with E-state index in [2.05, 4.69) is 4.98 Å². The number of hydrogen-bond donors (Lipinski definition) is 0. The first-order chi connectivity index (χ1) is 12.2. The van der Waals surface area contributed by atoms with Gasteiger partial charge >= 0.3 is 11.8 Å². The molecule has 0 bridgehead atoms. The topological polar surface area (TPSA) is 12.9 Å². The van der Waals surface area contributed by atoms with Crippen molar-refractivity contribution in [2.75, 3.05) is 0 Å². The smallest absolute Gasteiger partial charge is 0.256 e. The van der Waals surface area contributed by atoms with E-state index in [1.807, 2.05) is 0 Å². The van der Waals surface area contributed by atoms with Gasteiger partial charge in [0.2, 0.25) is 0 Å². The second-order valence-corrected chi connectivity index (χ2v) is 6.60. The van der Waals surface area contributed by atoms with E-state index in [0.29, 0.717) is 12.0 Å². The molecule has 0 amide bonds. The quantitative estimate of drug-likeness (QED) is 0.551. The van der Waals surface area contributed by atoms with Crippen molar-refractivity contribution in [2.24, 2.45) is 0 Å². The molecule has 2 aliphatic carbocycles. The molecule has 2 aliphatic rings. The summed E-state index contributed by atoms with van der Waals surface area (Å²) in [5.41, 5.74) is -1.79. The number of nitrogens with zero attached hydrogens (tertiary/aromatic N) is 1. The summed E-state index contributed by atoms with van der Waals surface area (Å²) in [5, 5.41) is 0. The van der Waals surface area contributed by atoms with Crippen LogP contribution in [0.4, 0.5) is 26.3 Å². The van der Waals surface area contributed by atoms with Crippen molar-refractivity contribution in [2.45, 2.75) is 49.9 Å². The summed E-state index contributed by atoms with van der Waals surface area (Å²) >= 11 is 0. The first-order valence-electron chi connectivity index (χ1n) is 8.41. The zero-order valence-electron chi connectivity index (χ0n) is 13.8. The molecule has 3 rings (SSSR count). The molecule has 0 aromatic carbocycles. The molecule has 0 unspecified atom stereocenters. The molecule has 0 aliphatic heterocycles. The Morgan fingerprint density at radius 3 is 2.23 bits per heavy atom. The van der Waals surface area contributed by atoms with Gasteiger partial charge in [-0.1, -0.05) is 37.5 Å². The fourth-order valence-corrected chi connectivity index (χ4v) is 3.48. The fourth-order valence-electron chi connectivity index (χ4n) is 3.48. The van der Waals surface area contributed by atoms with Crippen LogP contribution in [0.2, 0.25) is 0 Å². The zero-order valence-corrected chi connectivity index (χ0v) is 13.8. The highest BCUT2D eigenvalue weighted by Crippen LogP contribution is 2.51. The van der Waals surface area contributed by atoms with E-state index in [1.54, 1.807) is 6.07 Å². The van der Waals surface area contributed by atoms with Crippen molar-refractivity contribution in [1.82, 2.24) is 4.98 Å². The summed E-state index contributed by atoms with van der Waals surface area (Å²) in [4.78, 5) is 3.95. The van der Waals surface area contributed by atoms with E-state index in [-0.39, 0.29) is 11.8 Å². The fraction of sp³-hybridized carbons (Fsp3) is 0.421. The predicted molar refractivity (Wildman–Crippen MR) is 86.3 cm³/mol. The van der Waals surface area contributed by atoms with E-state index in [9.17, 15) is 26.3 Å². The molecule has 0 radical (unpaired) electrons. The molecule has 1 saturated carbocycles. The van der Waals surface area contributed by atoms with Gasteiger partial charge in [-0.2, -0.15) is 26.3 Å². The first kappa shape index (κ1) is 18.7. The number of pyridine rings is 1. The standard InChI is InChI=1S/C19H17F6N/c20-17(21)10-14-7-8-15(19(24,25)18(14,22)23)16-9-6-13(11-26-16)12-4-2-1-3-5-12/h6-12H,1-5H2. The van der Waals surface area contributed by atoms with Crippen LogP contribution in [0.25, 0.3) is 5.57 Å². The predicted octanol–water partition coefficient (Wildman–Crippen LogP) is 6.50. The summed E-state index contributed by atoms with van der Waals surface area (Å²) in [6, 6.07) is 2.93. The van der Waals surface area contributed by atoms with E-state index in [0.717, 1.165) is 37.3 Å². The number of rotatable bonds is 3. The molecule has 0 atom stereocenters. The third kappa shape index (κ3) is 3.31. The number of aromatic nitrogens is 1. The van der Waals surface area contributed by atoms with Crippen LogP contribution in [0.15, 0.2) is 48.2 Å². The van der Waals surface area contributed by atoms with Gasteiger partial charge in [-0.3, -0.25) is 4.98 Å². The Hall–Kier alpha value is -2.05. The third-order valence-electron chi connectivity index (χ3n) is 4.93. The van der Waals surface area contributed by atoms with Crippen molar-refractivity contribution in [3.63, 3.8) is 0 Å². The maximum absolute atomic E-state index is 14.3. The summed E-state index contributed by atoms with van der Waals surface area (Å²) in [7, 11) is 0. The third-order valence-corrected chi connectivity index (χ3v) is 4.93. The average molecular weight is 373 g/mol. The Bertz CT molecular complexity index is 751. The minimum absolute atomic E-state index is 0.235. The van der Waals surface area contributed by atoms with Crippen LogP contribution in [0.3, 0.4) is 0 Å². The number of alkyl halides is 4. The van der Waals surface area contributed by atoms with Gasteiger partial charge in [0, 0.05) is 17.8 Å². The molecule has 7 heteroatoms. The van der Waals surface area contributed by atoms with Gasteiger partial charge in [0.25, 0.3) is 6.08 Å². The van der Waals surface area contributed by atoms with Crippen molar-refractivity contribution in [3.8, 4) is 0 Å². The second kappa shape index (κ2) is 6.93. The lowest BCUT2D eigenvalue weighted by atomic mass is 9.84. The lowest BCUT2D eigenvalue weighted by molar-refractivity contribution is -0.146. The largest absolute Gasteiger partial charge is 0.341 e. The number of halogens is 6. The molecule has 0 N–H and O–H groups in total. The van der Waals surface area contributed by atoms with Gasteiger partial charge in [0.05, 0.1) is 11.3 Å². The van der Waals surface area contributed by atoms with Gasteiger partial charge in [0.15, 0.2) is 0 Å². The van der Waals surface area contributed by atoms with Gasteiger partial charge in [0.1, 0.15) is 0 Å². The monoisotopic (exact) mass is 373 g/mol. The van der Waals surface area contributed by atoms with Crippen molar-refractivity contribution in [1.29, 1.82) is 0 Å². The summed E-state index contributed by atoms with van der Waals surface area (Å²) in [6.45, 7) is 0. The highest BCUT2D eigenvalue weighted by Gasteiger charge is 2.62. The van der Waals surface area contributed by atoms with Crippen LogP contribution in [0.5, 0.6) is 0 Å². The van der Waals surface area contributed by atoms with Crippen molar-refractivity contribution < 1.29 is 26.3 Å². The Labute approximate surface area is 147 Å². The normalized spacial score (nSPS) is 22.4. The van der Waals surface area contributed by atoms with Crippen LogP contribution in [0, 0.1) is 0 Å². The van der Waals surface area contributed by atoms with E-state index < -0.39 is 29.1 Å². The van der Waals surface area contributed by atoms with E-state index in [1.165, 1.54) is 18.7 Å². The molecule has 1 heterocycles. The van der Waals surface area contributed by atoms with E-state index in [4.69, 9.17) is 0 Å². The van der Waals surface area contributed by atoms with Crippen molar-refractivity contribution >= 4 is 5.57 Å². The summed E-state index contributed by atoms with van der Waals surface area (Å²) < 4.78 is 81.3. The lowest BCUT2D eigenvalue weighted by Gasteiger charge is -2.32. The molecule has 26 heavy (non-hydrogen) atoms. The SMILES string of the molecule is FC(F)=CC1=CC=C(c2ccc(C3CCCCC3)cn2)C(F)(F)C1(F)F. The minimum Gasteiger partial charge on any atom is -0.256 e. The maximum atomic E-state index is 14.3. The maximum Gasteiger partial charge on any atom is 0.341 e. The Morgan fingerprint density at radius 2 is 1.65 bits per heavy atom. The molecular weight excluding hydrogens is 356 g/mol. The molecule has 0 spiro atoms. The van der Waals surface area contributed by atoms with Gasteiger partial charge in [-0.05, 0) is 30.4 Å². The van der Waals surface area contributed by atoms with Crippen LogP contribution >= 0.6 is 0 Å². The second-order valence-electron chi connectivity index (χ2n) is 6.60. The van der Waals surface area contributed by atoms with Gasteiger partial charge in [-0.25, -0.2) is 0 Å². The zero-order chi connectivity index (χ0) is 18.9. The minimum atomic E-state index is -4.75. The molecule has 1 fully saturated rings. The molecule has 1 aromatic rings. The van der Waals surface area contributed by atoms with Crippen LogP contribution < -0.4 is 0 Å². The summed E-state index contributed by atoms with van der Waals surface area (Å²) in [6.07, 6.45) is 5.40. The molecular formula is C19H17F6N. The van der Waals surface area contributed by atoms with Crippen molar-refractivity contribution in [3.05, 3.63) is 59.5 Å². The highest BCUT2D eigenvalue weighted by molar-refractivity contribution is 5.74. The van der Waals surface area contributed by atoms with Crippen LogP contribution in [-0.4, -0.2) is 16.8 Å². The molecule has 140 valence electrons. The van der Waals surface area contributed by atoms with Gasteiger partial charge < -0.3 is 0 Å². The average Bonchev–Trinajstić information content (AvgIpc) is 2.60. The number of allylic oxidation sites excluding steroid dienone is 5.